The van der Waals surface area contributed by atoms with Crippen molar-refractivity contribution in [2.75, 3.05) is 0 Å². The van der Waals surface area contributed by atoms with E-state index in [-0.39, 0.29) is 17.3 Å². The van der Waals surface area contributed by atoms with Gasteiger partial charge in [0.2, 0.25) is 11.1 Å². The molecule has 7 nitrogen and oxygen atoms in total. The van der Waals surface area contributed by atoms with E-state index in [1.807, 2.05) is 0 Å². The third-order valence-electron chi connectivity index (χ3n) is 1.56. The number of aromatic nitrogens is 3. The van der Waals surface area contributed by atoms with Crippen LogP contribution in [0.15, 0.2) is 21.8 Å². The van der Waals surface area contributed by atoms with Crippen molar-refractivity contribution in [3.05, 3.63) is 23.0 Å². The summed E-state index contributed by atoms with van der Waals surface area (Å²) in [6.45, 7) is 0. The van der Waals surface area contributed by atoms with E-state index in [0.717, 1.165) is 0 Å². The number of hydrogen-bond acceptors (Lipinski definition) is 7. The molecule has 8 heteroatoms. The van der Waals surface area contributed by atoms with E-state index >= 15 is 0 Å². The van der Waals surface area contributed by atoms with Gasteiger partial charge in [0.05, 0.1) is 0 Å². The molecule has 0 spiro atoms. The number of aromatic amines is 1. The fourth-order valence-corrected chi connectivity index (χ4v) is 1.38. The summed E-state index contributed by atoms with van der Waals surface area (Å²) in [7, 11) is 0. The van der Waals surface area contributed by atoms with E-state index in [9.17, 15) is 0 Å². The van der Waals surface area contributed by atoms with Gasteiger partial charge in [-0.05, 0) is 0 Å². The van der Waals surface area contributed by atoms with Crippen molar-refractivity contribution >= 4 is 22.4 Å². The van der Waals surface area contributed by atoms with Gasteiger partial charge in [-0.2, -0.15) is 15.5 Å². The maximum Gasteiger partial charge on any atom is 0.249 e. The van der Waals surface area contributed by atoms with Crippen LogP contribution < -0.4 is 0 Å². The fourth-order valence-electron chi connectivity index (χ4n) is 0.925. The summed E-state index contributed by atoms with van der Waals surface area (Å²) >= 11 is 1.32. The van der Waals surface area contributed by atoms with Gasteiger partial charge in [0.1, 0.15) is 12.1 Å². The Kier molecular flexibility index (Phi) is 2.67. The number of rotatable bonds is 2. The Morgan fingerprint density at radius 3 is 2.75 bits per heavy atom. The standard InChI is InChI=1S/C8H3N7S/c9-3-5-6(4-10)13-7(12-5)14-15-8-11-1-2-16-8/h1-2H,(H,12,13)/b15-14+. The SMILES string of the molecule is N#Cc1nc(/N=N/c2nccs2)[nH]c1C#N. The first-order valence-corrected chi connectivity index (χ1v) is 4.93. The zero-order valence-corrected chi connectivity index (χ0v) is 8.56. The number of nitrogens with one attached hydrogen (secondary N) is 1. The molecule has 0 fully saturated rings. The van der Waals surface area contributed by atoms with Gasteiger partial charge < -0.3 is 4.98 Å². The second-order valence-corrected chi connectivity index (χ2v) is 3.40. The molecule has 0 atom stereocenters. The molecule has 0 bridgehead atoms. The Morgan fingerprint density at radius 1 is 1.31 bits per heavy atom. The van der Waals surface area contributed by atoms with Crippen molar-refractivity contribution in [3.63, 3.8) is 0 Å². The molecular weight excluding hydrogens is 226 g/mol. The van der Waals surface area contributed by atoms with E-state index in [2.05, 4.69) is 25.2 Å². The molecule has 2 aromatic heterocycles. The van der Waals surface area contributed by atoms with Gasteiger partial charge in [0.25, 0.3) is 0 Å². The van der Waals surface area contributed by atoms with Gasteiger partial charge in [-0.3, -0.25) is 0 Å². The second-order valence-electron chi connectivity index (χ2n) is 2.52. The molecule has 0 amide bonds. The molecule has 0 radical (unpaired) electrons. The van der Waals surface area contributed by atoms with E-state index < -0.39 is 0 Å². The summed E-state index contributed by atoms with van der Waals surface area (Å²) < 4.78 is 0. The molecule has 0 aliphatic carbocycles. The van der Waals surface area contributed by atoms with Crippen molar-refractivity contribution in [3.8, 4) is 12.1 Å². The molecule has 2 aromatic rings. The van der Waals surface area contributed by atoms with Crippen LogP contribution in [0.3, 0.4) is 0 Å². The fraction of sp³-hybridized carbons (Fsp3) is 0. The van der Waals surface area contributed by atoms with Gasteiger partial charge in [0, 0.05) is 11.6 Å². The molecule has 0 aromatic carbocycles. The smallest absolute Gasteiger partial charge is 0.249 e. The van der Waals surface area contributed by atoms with Crippen LogP contribution in [-0.2, 0) is 0 Å². The lowest BCUT2D eigenvalue weighted by atomic mass is 10.4. The van der Waals surface area contributed by atoms with Crippen molar-refractivity contribution in [2.45, 2.75) is 0 Å². The quantitative estimate of drug-likeness (QED) is 0.793. The molecule has 0 unspecified atom stereocenters. The minimum Gasteiger partial charge on any atom is -0.312 e. The average Bonchev–Trinajstić information content (AvgIpc) is 2.95. The zero-order valence-electron chi connectivity index (χ0n) is 7.75. The van der Waals surface area contributed by atoms with E-state index in [1.165, 1.54) is 11.3 Å². The normalized spacial score (nSPS) is 10.1. The van der Waals surface area contributed by atoms with E-state index in [0.29, 0.717) is 5.13 Å². The molecule has 2 heterocycles. The minimum atomic E-state index is 0.00980. The number of H-pyrrole nitrogens is 1. The lowest BCUT2D eigenvalue weighted by Crippen LogP contribution is -1.77. The van der Waals surface area contributed by atoms with Gasteiger partial charge >= 0.3 is 0 Å². The topological polar surface area (TPSA) is 114 Å². The predicted molar refractivity (Wildman–Crippen MR) is 54.3 cm³/mol. The summed E-state index contributed by atoms with van der Waals surface area (Å²) in [6, 6.07) is 3.59. The molecule has 0 aliphatic heterocycles. The molecule has 16 heavy (non-hydrogen) atoms. The number of nitrogens with zero attached hydrogens (tertiary/aromatic N) is 6. The highest BCUT2D eigenvalue weighted by Gasteiger charge is 2.08. The Labute approximate surface area is 93.7 Å². The number of nitriles is 2. The summed E-state index contributed by atoms with van der Waals surface area (Å²) in [5, 5.41) is 27.1. The predicted octanol–water partition coefficient (Wildman–Crippen LogP) is 2.02. The van der Waals surface area contributed by atoms with Crippen molar-refractivity contribution in [2.24, 2.45) is 10.2 Å². The van der Waals surface area contributed by atoms with Crippen LogP contribution in [-0.4, -0.2) is 15.0 Å². The molecule has 2 rings (SSSR count). The molecule has 76 valence electrons. The van der Waals surface area contributed by atoms with Crippen LogP contribution in [0.1, 0.15) is 11.4 Å². The lowest BCUT2D eigenvalue weighted by molar-refractivity contribution is 1.11. The maximum absolute atomic E-state index is 8.66. The van der Waals surface area contributed by atoms with E-state index in [1.54, 1.807) is 23.7 Å². The van der Waals surface area contributed by atoms with Crippen molar-refractivity contribution < 1.29 is 0 Å². The van der Waals surface area contributed by atoms with E-state index in [4.69, 9.17) is 10.5 Å². The monoisotopic (exact) mass is 229 g/mol. The third-order valence-corrected chi connectivity index (χ3v) is 2.21. The highest BCUT2D eigenvalue weighted by atomic mass is 32.1. The number of azo groups is 1. The Hall–Kier alpha value is -2.58. The average molecular weight is 229 g/mol. The summed E-state index contributed by atoms with van der Waals surface area (Å²) in [6.07, 6.45) is 1.60. The van der Waals surface area contributed by atoms with Crippen LogP contribution in [0.25, 0.3) is 0 Å². The Bertz CT molecular complexity index is 564. The number of hydrogen-bond donors (Lipinski definition) is 1. The molecular formula is C8H3N7S. The lowest BCUT2D eigenvalue weighted by Gasteiger charge is -1.80. The molecule has 0 aliphatic rings. The molecule has 1 N–H and O–H groups in total. The van der Waals surface area contributed by atoms with Crippen LogP contribution in [0.5, 0.6) is 0 Å². The summed E-state index contributed by atoms with van der Waals surface area (Å²) in [5.74, 6) is 0.114. The van der Waals surface area contributed by atoms with Crippen LogP contribution in [0, 0.1) is 22.7 Å². The van der Waals surface area contributed by atoms with Crippen molar-refractivity contribution in [1.29, 1.82) is 10.5 Å². The first-order valence-electron chi connectivity index (χ1n) is 4.05. The second kappa shape index (κ2) is 4.29. The first kappa shape index (κ1) is 9.96. The Morgan fingerprint density at radius 2 is 2.19 bits per heavy atom. The summed E-state index contributed by atoms with van der Waals surface area (Å²) in [5.41, 5.74) is 0.0891. The number of imidazole rings is 1. The van der Waals surface area contributed by atoms with Gasteiger partial charge in [-0.1, -0.05) is 0 Å². The van der Waals surface area contributed by atoms with Crippen molar-refractivity contribution in [1.82, 2.24) is 15.0 Å². The maximum atomic E-state index is 8.66. The summed E-state index contributed by atoms with van der Waals surface area (Å²) in [4.78, 5) is 10.2. The van der Waals surface area contributed by atoms with Gasteiger partial charge in [-0.25, -0.2) is 4.98 Å². The van der Waals surface area contributed by atoms with Gasteiger partial charge in [0.15, 0.2) is 11.4 Å². The highest BCUT2D eigenvalue weighted by molar-refractivity contribution is 7.13. The Balaban J connectivity index is 2.27. The zero-order chi connectivity index (χ0) is 11.4. The first-order chi connectivity index (χ1) is 7.83. The van der Waals surface area contributed by atoms with Crippen LogP contribution in [0.2, 0.25) is 0 Å². The van der Waals surface area contributed by atoms with Crippen LogP contribution >= 0.6 is 11.3 Å². The van der Waals surface area contributed by atoms with Crippen LogP contribution in [0.4, 0.5) is 11.1 Å². The molecule has 0 saturated heterocycles. The molecule has 0 saturated carbocycles. The van der Waals surface area contributed by atoms with Gasteiger partial charge in [-0.15, -0.1) is 21.6 Å². The number of thiazole rings is 1. The highest BCUT2D eigenvalue weighted by Crippen LogP contribution is 2.18. The third kappa shape index (κ3) is 1.92. The largest absolute Gasteiger partial charge is 0.312 e. The minimum absolute atomic E-state index is 0.00980.